The number of aromatic nitrogens is 2. The minimum atomic E-state index is -0.772. The molecule has 144 valence electrons. The average molecular weight is 401 g/mol. The van der Waals surface area contributed by atoms with Crippen LogP contribution in [0.3, 0.4) is 0 Å². The Kier molecular flexibility index (Phi) is 5.00. The van der Waals surface area contributed by atoms with Crippen molar-refractivity contribution in [3.63, 3.8) is 0 Å². The van der Waals surface area contributed by atoms with Gasteiger partial charge in [-0.25, -0.2) is 9.37 Å². The van der Waals surface area contributed by atoms with E-state index in [1.807, 2.05) is 0 Å². The maximum absolute atomic E-state index is 13.2. The van der Waals surface area contributed by atoms with Gasteiger partial charge in [0, 0.05) is 17.8 Å². The molecule has 6 nitrogen and oxygen atoms in total. The first-order valence-electron chi connectivity index (χ1n) is 8.98. The summed E-state index contributed by atoms with van der Waals surface area (Å²) in [6.45, 7) is 0. The van der Waals surface area contributed by atoms with E-state index in [4.69, 9.17) is 11.6 Å². The summed E-state index contributed by atoms with van der Waals surface area (Å²) >= 11 is 5.88. The van der Waals surface area contributed by atoms with Crippen LogP contribution in [0.5, 0.6) is 0 Å². The third kappa shape index (κ3) is 4.31. The fourth-order valence-corrected chi connectivity index (χ4v) is 3.12. The first-order valence-corrected chi connectivity index (χ1v) is 9.36. The van der Waals surface area contributed by atoms with E-state index in [2.05, 4.69) is 20.6 Å². The molecule has 0 unspecified atom stereocenters. The minimum absolute atomic E-state index is 0.168. The third-order valence-corrected chi connectivity index (χ3v) is 4.82. The van der Waals surface area contributed by atoms with Crippen molar-refractivity contribution >= 4 is 34.3 Å². The zero-order valence-corrected chi connectivity index (χ0v) is 15.6. The number of hydrogen-bond donors (Lipinski definition) is 3. The summed E-state index contributed by atoms with van der Waals surface area (Å²) in [5.41, 5.74) is 1.74. The number of nitrogens with zero attached hydrogens (tertiary/aromatic N) is 1. The predicted molar refractivity (Wildman–Crippen MR) is 104 cm³/mol. The van der Waals surface area contributed by atoms with E-state index in [-0.39, 0.29) is 24.2 Å². The molecule has 1 fully saturated rings. The molecule has 0 aliphatic heterocycles. The average Bonchev–Trinajstić information content (AvgIpc) is 3.38. The second kappa shape index (κ2) is 7.59. The van der Waals surface area contributed by atoms with Gasteiger partial charge in [0.2, 0.25) is 5.91 Å². The monoisotopic (exact) mass is 400 g/mol. The van der Waals surface area contributed by atoms with Crippen LogP contribution in [0.1, 0.15) is 28.9 Å². The van der Waals surface area contributed by atoms with E-state index in [1.54, 1.807) is 30.5 Å². The molecule has 2 heterocycles. The van der Waals surface area contributed by atoms with Crippen molar-refractivity contribution in [2.45, 2.75) is 31.3 Å². The molecule has 0 bridgehead atoms. The Morgan fingerprint density at radius 1 is 1.25 bits per heavy atom. The number of carbonyl (C=O) groups is 2. The van der Waals surface area contributed by atoms with Crippen molar-refractivity contribution in [3.8, 4) is 0 Å². The maximum atomic E-state index is 13.2. The van der Waals surface area contributed by atoms with E-state index in [9.17, 15) is 14.0 Å². The molecule has 8 heteroatoms. The molecule has 28 heavy (non-hydrogen) atoms. The lowest BCUT2D eigenvalue weighted by Crippen LogP contribution is -2.48. The molecule has 0 radical (unpaired) electrons. The Balaban J connectivity index is 1.53. The molecule has 3 N–H and O–H groups in total. The number of fused-ring (bicyclic) bond motifs is 1. The largest absolute Gasteiger partial charge is 0.352 e. The first kappa shape index (κ1) is 18.4. The van der Waals surface area contributed by atoms with E-state index >= 15 is 0 Å². The number of carbonyl (C=O) groups excluding carboxylic acids is 2. The highest BCUT2D eigenvalue weighted by atomic mass is 35.5. The highest BCUT2D eigenvalue weighted by Gasteiger charge is 2.29. The van der Waals surface area contributed by atoms with Gasteiger partial charge in [0.05, 0.1) is 11.7 Å². The number of halogens is 2. The number of amides is 2. The standard InChI is InChI=1S/C20H18ClFN4O2/c21-18-9-12-8-16(25-17(12)10-23-18)20(28)26-15(19(27)24-14-5-6-14)7-11-1-3-13(22)4-2-11/h1-4,8-10,14-15,25H,5-7H2,(H,24,27)(H,26,28)/t15-/m0/s1. The lowest BCUT2D eigenvalue weighted by molar-refractivity contribution is -0.123. The molecule has 4 rings (SSSR count). The van der Waals surface area contributed by atoms with Gasteiger partial charge in [-0.2, -0.15) is 0 Å². The Bertz CT molecular complexity index is 1030. The molecule has 1 aliphatic rings. The Morgan fingerprint density at radius 3 is 2.71 bits per heavy atom. The molecular formula is C20H18ClFN4O2. The quantitative estimate of drug-likeness (QED) is 0.556. The fourth-order valence-electron chi connectivity index (χ4n) is 2.96. The van der Waals surface area contributed by atoms with Crippen molar-refractivity contribution < 1.29 is 14.0 Å². The minimum Gasteiger partial charge on any atom is -0.352 e. The Labute approximate surface area is 165 Å². The normalized spacial score (nSPS) is 14.6. The van der Waals surface area contributed by atoms with Crippen LogP contribution in [0.15, 0.2) is 42.6 Å². The lowest BCUT2D eigenvalue weighted by atomic mass is 10.0. The number of aromatic amines is 1. The Hall–Kier alpha value is -2.93. The highest BCUT2D eigenvalue weighted by molar-refractivity contribution is 6.30. The maximum Gasteiger partial charge on any atom is 0.268 e. The summed E-state index contributed by atoms with van der Waals surface area (Å²) < 4.78 is 13.2. The van der Waals surface area contributed by atoms with Gasteiger partial charge in [-0.15, -0.1) is 0 Å². The number of rotatable bonds is 6. The van der Waals surface area contributed by atoms with Crippen LogP contribution in [-0.2, 0) is 11.2 Å². The SMILES string of the molecule is O=C(N[C@@H](Cc1ccc(F)cc1)C(=O)NC1CC1)c1cc2cc(Cl)ncc2[nH]1. The van der Waals surface area contributed by atoms with Crippen molar-refractivity contribution in [1.82, 2.24) is 20.6 Å². The van der Waals surface area contributed by atoms with Crippen LogP contribution < -0.4 is 10.6 Å². The molecule has 1 saturated carbocycles. The van der Waals surface area contributed by atoms with Gasteiger partial charge >= 0.3 is 0 Å². The van der Waals surface area contributed by atoms with Gasteiger partial charge < -0.3 is 15.6 Å². The van der Waals surface area contributed by atoms with Gasteiger partial charge in [-0.05, 0) is 42.7 Å². The van der Waals surface area contributed by atoms with Crippen molar-refractivity contribution in [2.24, 2.45) is 0 Å². The van der Waals surface area contributed by atoms with Crippen LogP contribution >= 0.6 is 11.6 Å². The molecule has 2 amide bonds. The van der Waals surface area contributed by atoms with Crippen LogP contribution in [0.2, 0.25) is 5.15 Å². The summed E-state index contributed by atoms with van der Waals surface area (Å²) in [5, 5.41) is 6.77. The van der Waals surface area contributed by atoms with Gasteiger partial charge in [-0.3, -0.25) is 9.59 Å². The number of H-pyrrole nitrogens is 1. The summed E-state index contributed by atoms with van der Waals surface area (Å²) in [6, 6.07) is 8.59. The predicted octanol–water partition coefficient (Wildman–Crippen LogP) is 2.98. The number of nitrogens with one attached hydrogen (secondary N) is 3. The molecule has 1 aliphatic carbocycles. The molecule has 0 spiro atoms. The molecule has 2 aromatic heterocycles. The molecule has 1 aromatic carbocycles. The van der Waals surface area contributed by atoms with Gasteiger partial charge in [0.15, 0.2) is 0 Å². The summed E-state index contributed by atoms with van der Waals surface area (Å²) in [7, 11) is 0. The van der Waals surface area contributed by atoms with E-state index in [1.165, 1.54) is 12.1 Å². The molecule has 1 atom stereocenters. The van der Waals surface area contributed by atoms with Crippen molar-refractivity contribution in [2.75, 3.05) is 0 Å². The zero-order valence-electron chi connectivity index (χ0n) is 14.8. The van der Waals surface area contributed by atoms with Crippen LogP contribution in [0.25, 0.3) is 10.9 Å². The zero-order chi connectivity index (χ0) is 19.7. The summed E-state index contributed by atoms with van der Waals surface area (Å²) in [4.78, 5) is 32.3. The topological polar surface area (TPSA) is 86.9 Å². The van der Waals surface area contributed by atoms with Crippen molar-refractivity contribution in [3.05, 3.63) is 64.8 Å². The summed E-state index contributed by atoms with van der Waals surface area (Å²) in [6.07, 6.45) is 3.69. The van der Waals surface area contributed by atoms with Gasteiger partial charge in [-0.1, -0.05) is 23.7 Å². The third-order valence-electron chi connectivity index (χ3n) is 4.62. The van der Waals surface area contributed by atoms with E-state index < -0.39 is 11.9 Å². The first-order chi connectivity index (χ1) is 13.5. The lowest BCUT2D eigenvalue weighted by Gasteiger charge is -2.18. The molecular weight excluding hydrogens is 383 g/mol. The fraction of sp³-hybridized carbons (Fsp3) is 0.250. The number of benzene rings is 1. The molecule has 0 saturated heterocycles. The highest BCUT2D eigenvalue weighted by Crippen LogP contribution is 2.20. The number of hydrogen-bond acceptors (Lipinski definition) is 3. The van der Waals surface area contributed by atoms with E-state index in [0.29, 0.717) is 16.4 Å². The van der Waals surface area contributed by atoms with Crippen LogP contribution in [0, 0.1) is 5.82 Å². The second-order valence-corrected chi connectivity index (χ2v) is 7.30. The van der Waals surface area contributed by atoms with Gasteiger partial charge in [0.25, 0.3) is 5.91 Å². The Morgan fingerprint density at radius 2 is 2.00 bits per heavy atom. The van der Waals surface area contributed by atoms with E-state index in [0.717, 1.165) is 23.8 Å². The second-order valence-electron chi connectivity index (χ2n) is 6.92. The van der Waals surface area contributed by atoms with Gasteiger partial charge in [0.1, 0.15) is 22.7 Å². The van der Waals surface area contributed by atoms with Crippen molar-refractivity contribution in [1.29, 1.82) is 0 Å². The smallest absolute Gasteiger partial charge is 0.268 e. The van der Waals surface area contributed by atoms with Crippen LogP contribution in [0.4, 0.5) is 4.39 Å². The number of pyridine rings is 1. The van der Waals surface area contributed by atoms with Crippen LogP contribution in [-0.4, -0.2) is 33.9 Å². The molecule has 3 aromatic rings. The summed E-state index contributed by atoms with van der Waals surface area (Å²) in [5.74, 6) is -1.01.